The van der Waals surface area contributed by atoms with Gasteiger partial charge in [0.2, 0.25) is 0 Å². The molecule has 0 aromatic heterocycles. The first-order chi connectivity index (χ1) is 12.4. The summed E-state index contributed by atoms with van der Waals surface area (Å²) < 4.78 is 0. The Morgan fingerprint density at radius 3 is 2.31 bits per heavy atom. The molecule has 0 N–H and O–H groups in total. The largest absolute Gasteiger partial charge is 0.0654 e. The highest BCUT2D eigenvalue weighted by Gasteiger charge is 2.61. The summed E-state index contributed by atoms with van der Waals surface area (Å²) in [7, 11) is 0. The predicted octanol–water partition coefficient (Wildman–Crippen LogP) is 8.11. The summed E-state index contributed by atoms with van der Waals surface area (Å²) in [5, 5.41) is 0. The topological polar surface area (TPSA) is 0 Å². The molecule has 0 saturated heterocycles. The monoisotopic (exact) mass is 358 g/mol. The van der Waals surface area contributed by atoms with Crippen LogP contribution >= 0.6 is 0 Å². The Kier molecular flexibility index (Phi) is 5.28. The van der Waals surface area contributed by atoms with Gasteiger partial charge in [-0.15, -0.1) is 0 Å². The lowest BCUT2D eigenvalue weighted by Crippen LogP contribution is -2.59. The summed E-state index contributed by atoms with van der Waals surface area (Å²) in [4.78, 5) is 0. The van der Waals surface area contributed by atoms with Crippen LogP contribution in [-0.4, -0.2) is 0 Å². The van der Waals surface area contributed by atoms with Gasteiger partial charge in [0.25, 0.3) is 0 Å². The fraction of sp³-hybridized carbons (Fsp3) is 1.00. The molecule has 9 unspecified atom stereocenters. The maximum Gasteiger partial charge on any atom is -0.0261 e. The van der Waals surface area contributed by atoms with Crippen molar-refractivity contribution in [2.45, 2.75) is 112 Å². The van der Waals surface area contributed by atoms with Crippen LogP contribution in [0.2, 0.25) is 0 Å². The molecule has 4 fully saturated rings. The maximum absolute atomic E-state index is 2.78. The van der Waals surface area contributed by atoms with Crippen LogP contribution in [0.25, 0.3) is 0 Å². The van der Waals surface area contributed by atoms with Crippen molar-refractivity contribution in [3.63, 3.8) is 0 Å². The summed E-state index contributed by atoms with van der Waals surface area (Å²) in [6.45, 7) is 13.1. The minimum Gasteiger partial charge on any atom is -0.0654 e. The SMILES string of the molecule is CCCCC1C(C)CCC2C1CCC1C3(C)CCCC(C)C3CCC21C. The highest BCUT2D eigenvalue weighted by atomic mass is 14.7. The van der Waals surface area contributed by atoms with Crippen LogP contribution in [0.3, 0.4) is 0 Å². The van der Waals surface area contributed by atoms with E-state index in [0.717, 1.165) is 41.4 Å². The zero-order valence-corrected chi connectivity index (χ0v) is 18.5. The van der Waals surface area contributed by atoms with Gasteiger partial charge in [-0.25, -0.2) is 0 Å². The van der Waals surface area contributed by atoms with E-state index < -0.39 is 0 Å². The first-order valence-corrected chi connectivity index (χ1v) is 12.4. The standard InChI is InChI=1S/C26H46/c1-6-7-10-20-18(2)11-13-23-21(20)12-14-24-25(4)16-8-9-19(3)22(25)15-17-26(23,24)5/h18-24H,6-17H2,1-5H3. The van der Waals surface area contributed by atoms with E-state index in [1.807, 2.05) is 0 Å². The van der Waals surface area contributed by atoms with Crippen LogP contribution in [0, 0.1) is 52.3 Å². The zero-order chi connectivity index (χ0) is 18.5. The van der Waals surface area contributed by atoms with Crippen LogP contribution in [-0.2, 0) is 0 Å². The molecule has 4 rings (SSSR count). The second kappa shape index (κ2) is 7.11. The zero-order valence-electron chi connectivity index (χ0n) is 18.5. The lowest BCUT2D eigenvalue weighted by atomic mass is 9.38. The molecule has 0 heterocycles. The average Bonchev–Trinajstić information content (AvgIpc) is 2.60. The number of fused-ring (bicyclic) bond motifs is 5. The molecule has 4 aliphatic carbocycles. The number of rotatable bonds is 3. The summed E-state index contributed by atoms with van der Waals surface area (Å²) in [5.41, 5.74) is 1.33. The molecule has 0 aromatic rings. The molecule has 0 amide bonds. The molecule has 0 aromatic carbocycles. The van der Waals surface area contributed by atoms with Crippen LogP contribution in [0.4, 0.5) is 0 Å². The average molecular weight is 359 g/mol. The Morgan fingerprint density at radius 1 is 0.769 bits per heavy atom. The Morgan fingerprint density at radius 2 is 1.54 bits per heavy atom. The van der Waals surface area contributed by atoms with E-state index in [-0.39, 0.29) is 0 Å². The van der Waals surface area contributed by atoms with Crippen LogP contribution in [0.15, 0.2) is 0 Å². The third-order valence-corrected chi connectivity index (χ3v) is 10.8. The van der Waals surface area contributed by atoms with Crippen molar-refractivity contribution in [3.8, 4) is 0 Å². The van der Waals surface area contributed by atoms with Crippen LogP contribution in [0.1, 0.15) is 112 Å². The molecule has 0 radical (unpaired) electrons. The molecule has 0 nitrogen and oxygen atoms in total. The van der Waals surface area contributed by atoms with Gasteiger partial charge in [-0.05, 0) is 97.2 Å². The second-order valence-corrected chi connectivity index (χ2v) is 11.8. The van der Waals surface area contributed by atoms with Crippen molar-refractivity contribution in [3.05, 3.63) is 0 Å². The van der Waals surface area contributed by atoms with E-state index in [1.165, 1.54) is 44.9 Å². The normalized spacial score (nSPS) is 54.1. The van der Waals surface area contributed by atoms with Crippen molar-refractivity contribution in [1.29, 1.82) is 0 Å². The second-order valence-electron chi connectivity index (χ2n) is 11.8. The fourth-order valence-electron chi connectivity index (χ4n) is 9.51. The summed E-state index contributed by atoms with van der Waals surface area (Å²) >= 11 is 0. The predicted molar refractivity (Wildman–Crippen MR) is 113 cm³/mol. The smallest absolute Gasteiger partial charge is 0.0261 e. The molecule has 0 spiro atoms. The van der Waals surface area contributed by atoms with Gasteiger partial charge in [0.15, 0.2) is 0 Å². The summed E-state index contributed by atoms with van der Waals surface area (Å²) in [6, 6.07) is 0. The third-order valence-electron chi connectivity index (χ3n) is 10.8. The van der Waals surface area contributed by atoms with E-state index in [9.17, 15) is 0 Å². The highest BCUT2D eigenvalue weighted by molar-refractivity contribution is 5.10. The highest BCUT2D eigenvalue weighted by Crippen LogP contribution is 2.69. The molecular weight excluding hydrogens is 312 g/mol. The number of unbranched alkanes of at least 4 members (excludes halogenated alkanes) is 1. The van der Waals surface area contributed by atoms with Crippen molar-refractivity contribution >= 4 is 0 Å². The molecule has 9 atom stereocenters. The lowest BCUT2D eigenvalue weighted by molar-refractivity contribution is -0.176. The number of hydrogen-bond donors (Lipinski definition) is 0. The van der Waals surface area contributed by atoms with Gasteiger partial charge >= 0.3 is 0 Å². The Hall–Kier alpha value is 0. The number of hydrogen-bond acceptors (Lipinski definition) is 0. The van der Waals surface area contributed by atoms with Crippen LogP contribution < -0.4 is 0 Å². The van der Waals surface area contributed by atoms with Gasteiger partial charge in [-0.1, -0.05) is 66.7 Å². The van der Waals surface area contributed by atoms with E-state index in [2.05, 4.69) is 34.6 Å². The first-order valence-electron chi connectivity index (χ1n) is 12.4. The van der Waals surface area contributed by atoms with E-state index in [0.29, 0.717) is 10.8 Å². The van der Waals surface area contributed by atoms with Crippen molar-refractivity contribution in [2.24, 2.45) is 52.3 Å². The van der Waals surface area contributed by atoms with Gasteiger partial charge < -0.3 is 0 Å². The summed E-state index contributed by atoms with van der Waals surface area (Å²) in [5.74, 6) is 7.19. The maximum atomic E-state index is 2.78. The minimum atomic E-state index is 0.663. The Bertz CT molecular complexity index is 494. The Balaban J connectivity index is 1.61. The van der Waals surface area contributed by atoms with Gasteiger partial charge in [-0.3, -0.25) is 0 Å². The quantitative estimate of drug-likeness (QED) is 0.478. The van der Waals surface area contributed by atoms with E-state index >= 15 is 0 Å². The van der Waals surface area contributed by atoms with Gasteiger partial charge in [-0.2, -0.15) is 0 Å². The molecule has 4 aliphatic rings. The molecule has 0 heteroatoms. The van der Waals surface area contributed by atoms with Gasteiger partial charge in [0, 0.05) is 0 Å². The molecule has 0 bridgehead atoms. The third kappa shape index (κ3) is 2.83. The molecular formula is C26H46. The fourth-order valence-corrected chi connectivity index (χ4v) is 9.51. The van der Waals surface area contributed by atoms with Crippen molar-refractivity contribution in [2.75, 3.05) is 0 Å². The molecule has 0 aliphatic heterocycles. The molecule has 150 valence electrons. The van der Waals surface area contributed by atoms with E-state index in [4.69, 9.17) is 0 Å². The lowest BCUT2D eigenvalue weighted by Gasteiger charge is -2.67. The minimum absolute atomic E-state index is 0.663. The van der Waals surface area contributed by atoms with E-state index in [1.54, 1.807) is 32.1 Å². The van der Waals surface area contributed by atoms with Crippen LogP contribution in [0.5, 0.6) is 0 Å². The summed E-state index contributed by atoms with van der Waals surface area (Å²) in [6.07, 6.45) is 18.2. The van der Waals surface area contributed by atoms with Gasteiger partial charge in [0.1, 0.15) is 0 Å². The van der Waals surface area contributed by atoms with Crippen molar-refractivity contribution in [1.82, 2.24) is 0 Å². The first kappa shape index (κ1) is 19.3. The van der Waals surface area contributed by atoms with Crippen molar-refractivity contribution < 1.29 is 0 Å². The Labute approximate surface area is 164 Å². The molecule has 26 heavy (non-hydrogen) atoms. The van der Waals surface area contributed by atoms with Gasteiger partial charge in [0.05, 0.1) is 0 Å². The molecule has 4 saturated carbocycles.